The standard InChI is InChI=1S/C15H15ClN2O3/c1-20-13-7-12(8-14(9-13)21-2)18-15(19)17-11-5-3-10(16)4-6-11/h3-9H,1-2H3,(H2,17,18,19). The highest BCUT2D eigenvalue weighted by atomic mass is 35.5. The minimum absolute atomic E-state index is 0.368. The SMILES string of the molecule is COc1cc(NC(=O)Nc2ccc(Cl)cc2)cc(OC)c1. The fourth-order valence-corrected chi connectivity index (χ4v) is 1.83. The van der Waals surface area contributed by atoms with Crippen molar-refractivity contribution in [1.29, 1.82) is 0 Å². The van der Waals surface area contributed by atoms with E-state index in [0.29, 0.717) is 27.9 Å². The van der Waals surface area contributed by atoms with E-state index in [1.54, 1.807) is 56.7 Å². The topological polar surface area (TPSA) is 59.6 Å². The first kappa shape index (κ1) is 15.0. The predicted octanol–water partition coefficient (Wildman–Crippen LogP) is 4.00. The van der Waals surface area contributed by atoms with E-state index in [1.807, 2.05) is 0 Å². The van der Waals surface area contributed by atoms with Crippen molar-refractivity contribution in [3.63, 3.8) is 0 Å². The zero-order valence-electron chi connectivity index (χ0n) is 11.6. The van der Waals surface area contributed by atoms with E-state index in [9.17, 15) is 4.79 Å². The Morgan fingerprint density at radius 2 is 1.43 bits per heavy atom. The van der Waals surface area contributed by atoms with Crippen molar-refractivity contribution < 1.29 is 14.3 Å². The van der Waals surface area contributed by atoms with Gasteiger partial charge in [0.2, 0.25) is 0 Å². The molecule has 2 aromatic rings. The number of amides is 2. The number of hydrogen-bond acceptors (Lipinski definition) is 3. The summed E-state index contributed by atoms with van der Waals surface area (Å²) < 4.78 is 10.3. The molecule has 0 unspecified atom stereocenters. The summed E-state index contributed by atoms with van der Waals surface area (Å²) in [6, 6.07) is 11.6. The maximum Gasteiger partial charge on any atom is 0.323 e. The Labute approximate surface area is 127 Å². The molecule has 0 saturated carbocycles. The maximum atomic E-state index is 11.9. The van der Waals surface area contributed by atoms with Gasteiger partial charge in [0.05, 0.1) is 14.2 Å². The third-order valence-corrected chi connectivity index (χ3v) is 2.96. The molecule has 0 spiro atoms. The molecule has 110 valence electrons. The summed E-state index contributed by atoms with van der Waals surface area (Å²) in [6.07, 6.45) is 0. The van der Waals surface area contributed by atoms with Gasteiger partial charge in [0.15, 0.2) is 0 Å². The number of anilines is 2. The van der Waals surface area contributed by atoms with Crippen molar-refractivity contribution in [2.24, 2.45) is 0 Å². The lowest BCUT2D eigenvalue weighted by molar-refractivity contribution is 0.262. The van der Waals surface area contributed by atoms with Crippen LogP contribution in [0.1, 0.15) is 0 Å². The zero-order valence-corrected chi connectivity index (χ0v) is 12.4. The Balaban J connectivity index is 2.06. The van der Waals surface area contributed by atoms with E-state index in [-0.39, 0.29) is 6.03 Å². The van der Waals surface area contributed by atoms with Gasteiger partial charge >= 0.3 is 6.03 Å². The van der Waals surface area contributed by atoms with Crippen LogP contribution in [-0.4, -0.2) is 20.3 Å². The van der Waals surface area contributed by atoms with Crippen LogP contribution in [0.2, 0.25) is 5.02 Å². The first-order valence-corrected chi connectivity index (χ1v) is 6.55. The lowest BCUT2D eigenvalue weighted by Gasteiger charge is -2.11. The quantitative estimate of drug-likeness (QED) is 0.897. The smallest absolute Gasteiger partial charge is 0.323 e. The summed E-state index contributed by atoms with van der Waals surface area (Å²) in [4.78, 5) is 11.9. The number of carbonyl (C=O) groups is 1. The highest BCUT2D eigenvalue weighted by molar-refractivity contribution is 6.30. The van der Waals surface area contributed by atoms with Gasteiger partial charge in [-0.25, -0.2) is 4.79 Å². The number of benzene rings is 2. The van der Waals surface area contributed by atoms with Crippen molar-refractivity contribution >= 4 is 29.0 Å². The Kier molecular flexibility index (Phi) is 4.90. The van der Waals surface area contributed by atoms with Gasteiger partial charge in [-0.2, -0.15) is 0 Å². The largest absolute Gasteiger partial charge is 0.497 e. The lowest BCUT2D eigenvalue weighted by atomic mass is 10.3. The van der Waals surface area contributed by atoms with Crippen LogP contribution in [0.4, 0.5) is 16.2 Å². The van der Waals surface area contributed by atoms with E-state index >= 15 is 0 Å². The van der Waals surface area contributed by atoms with E-state index in [1.165, 1.54) is 0 Å². The Bertz CT molecular complexity index is 607. The van der Waals surface area contributed by atoms with Crippen molar-refractivity contribution in [1.82, 2.24) is 0 Å². The van der Waals surface area contributed by atoms with Crippen LogP contribution in [0.3, 0.4) is 0 Å². The van der Waals surface area contributed by atoms with Crippen molar-refractivity contribution in [2.45, 2.75) is 0 Å². The second-order valence-electron chi connectivity index (χ2n) is 4.19. The third-order valence-electron chi connectivity index (χ3n) is 2.71. The molecule has 2 amide bonds. The molecule has 0 aliphatic rings. The minimum Gasteiger partial charge on any atom is -0.497 e. The molecular weight excluding hydrogens is 292 g/mol. The average Bonchev–Trinajstić information content (AvgIpc) is 2.49. The molecule has 0 aromatic heterocycles. The number of urea groups is 1. The second-order valence-corrected chi connectivity index (χ2v) is 4.62. The van der Waals surface area contributed by atoms with Crippen molar-refractivity contribution in [3.05, 3.63) is 47.5 Å². The molecule has 0 aliphatic heterocycles. The summed E-state index contributed by atoms with van der Waals surface area (Å²) in [5.41, 5.74) is 1.21. The third kappa shape index (κ3) is 4.29. The van der Waals surface area contributed by atoms with Crippen LogP contribution >= 0.6 is 11.6 Å². The molecule has 2 N–H and O–H groups in total. The van der Waals surface area contributed by atoms with Gasteiger partial charge in [-0.05, 0) is 24.3 Å². The number of ether oxygens (including phenoxy) is 2. The molecule has 0 aliphatic carbocycles. The fourth-order valence-electron chi connectivity index (χ4n) is 1.71. The first-order chi connectivity index (χ1) is 10.1. The van der Waals surface area contributed by atoms with E-state index in [2.05, 4.69) is 10.6 Å². The molecule has 21 heavy (non-hydrogen) atoms. The summed E-state index contributed by atoms with van der Waals surface area (Å²) in [6.45, 7) is 0. The van der Waals surface area contributed by atoms with E-state index in [4.69, 9.17) is 21.1 Å². The minimum atomic E-state index is -0.368. The van der Waals surface area contributed by atoms with Crippen LogP contribution in [0.25, 0.3) is 0 Å². The van der Waals surface area contributed by atoms with Crippen LogP contribution in [0.5, 0.6) is 11.5 Å². The van der Waals surface area contributed by atoms with Crippen LogP contribution < -0.4 is 20.1 Å². The fraction of sp³-hybridized carbons (Fsp3) is 0.133. The second kappa shape index (κ2) is 6.85. The number of rotatable bonds is 4. The molecule has 0 heterocycles. The molecule has 0 saturated heterocycles. The van der Waals surface area contributed by atoms with Gasteiger partial charge in [-0.15, -0.1) is 0 Å². The molecule has 5 nitrogen and oxygen atoms in total. The molecule has 0 fully saturated rings. The molecule has 0 atom stereocenters. The zero-order chi connectivity index (χ0) is 15.2. The lowest BCUT2D eigenvalue weighted by Crippen LogP contribution is -2.19. The van der Waals surface area contributed by atoms with Gasteiger partial charge in [-0.1, -0.05) is 11.6 Å². The summed E-state index contributed by atoms with van der Waals surface area (Å²) in [5, 5.41) is 6.02. The summed E-state index contributed by atoms with van der Waals surface area (Å²) in [7, 11) is 3.10. The molecule has 6 heteroatoms. The predicted molar refractivity (Wildman–Crippen MR) is 83.6 cm³/mol. The molecule has 0 bridgehead atoms. The van der Waals surface area contributed by atoms with Crippen LogP contribution in [-0.2, 0) is 0 Å². The van der Waals surface area contributed by atoms with Gasteiger partial charge < -0.3 is 20.1 Å². The summed E-state index contributed by atoms with van der Waals surface area (Å²) in [5.74, 6) is 1.19. The Morgan fingerprint density at radius 3 is 1.95 bits per heavy atom. The van der Waals surface area contributed by atoms with Gasteiger partial charge in [0.25, 0.3) is 0 Å². The van der Waals surface area contributed by atoms with Crippen molar-refractivity contribution in [3.8, 4) is 11.5 Å². The van der Waals surface area contributed by atoms with Gasteiger partial charge in [0, 0.05) is 34.6 Å². The molecule has 2 aromatic carbocycles. The molecular formula is C15H15ClN2O3. The Hall–Kier alpha value is -2.40. The molecule has 2 rings (SSSR count). The number of carbonyl (C=O) groups excluding carboxylic acids is 1. The Morgan fingerprint density at radius 1 is 0.905 bits per heavy atom. The number of hydrogen-bond donors (Lipinski definition) is 2. The molecule has 0 radical (unpaired) electrons. The summed E-state index contributed by atoms with van der Waals surface area (Å²) >= 11 is 5.79. The van der Waals surface area contributed by atoms with Gasteiger partial charge in [-0.3, -0.25) is 0 Å². The van der Waals surface area contributed by atoms with E-state index in [0.717, 1.165) is 0 Å². The highest BCUT2D eigenvalue weighted by Crippen LogP contribution is 2.25. The van der Waals surface area contributed by atoms with Crippen LogP contribution in [0.15, 0.2) is 42.5 Å². The monoisotopic (exact) mass is 306 g/mol. The average molecular weight is 307 g/mol. The highest BCUT2D eigenvalue weighted by Gasteiger charge is 2.06. The number of halogens is 1. The first-order valence-electron chi connectivity index (χ1n) is 6.17. The maximum absolute atomic E-state index is 11.9. The van der Waals surface area contributed by atoms with Gasteiger partial charge in [0.1, 0.15) is 11.5 Å². The van der Waals surface area contributed by atoms with Crippen LogP contribution in [0, 0.1) is 0 Å². The normalized spacial score (nSPS) is 9.86. The van der Waals surface area contributed by atoms with E-state index < -0.39 is 0 Å². The van der Waals surface area contributed by atoms with Crippen molar-refractivity contribution in [2.75, 3.05) is 24.9 Å². The number of nitrogens with one attached hydrogen (secondary N) is 2. The number of methoxy groups -OCH3 is 2.